The molecule has 1 unspecified atom stereocenters. The smallest absolute Gasteiger partial charge is 0.138 e. The number of thiazole rings is 1. The lowest BCUT2D eigenvalue weighted by Gasteiger charge is -2.13. The van der Waals surface area contributed by atoms with E-state index in [4.69, 9.17) is 16.3 Å². The van der Waals surface area contributed by atoms with Crippen molar-refractivity contribution in [2.75, 3.05) is 7.05 Å². The Morgan fingerprint density at radius 3 is 2.84 bits per heavy atom. The molecule has 0 bridgehead atoms. The molecule has 0 radical (unpaired) electrons. The first-order valence-corrected chi connectivity index (χ1v) is 7.30. The number of nitrogens with one attached hydrogen (secondary N) is 1. The average Bonchev–Trinajstić information content (AvgIpc) is 2.82. The second-order valence-corrected chi connectivity index (χ2v) is 6.06. The summed E-state index contributed by atoms with van der Waals surface area (Å²) in [6, 6.07) is 6.16. The van der Waals surface area contributed by atoms with Crippen molar-refractivity contribution >= 4 is 22.9 Å². The van der Waals surface area contributed by atoms with Gasteiger partial charge in [0.2, 0.25) is 0 Å². The topological polar surface area (TPSA) is 34.1 Å². The van der Waals surface area contributed by atoms with Gasteiger partial charge in [-0.25, -0.2) is 4.98 Å². The Balaban J connectivity index is 2.05. The van der Waals surface area contributed by atoms with Gasteiger partial charge in [0.1, 0.15) is 12.4 Å². The minimum atomic E-state index is 0.274. The summed E-state index contributed by atoms with van der Waals surface area (Å²) in [5.41, 5.74) is 1.15. The molecule has 1 heterocycles. The Labute approximate surface area is 122 Å². The van der Waals surface area contributed by atoms with E-state index >= 15 is 0 Å². The first kappa shape index (κ1) is 14.3. The number of nitrogens with zero attached hydrogens (tertiary/aromatic N) is 1. The maximum atomic E-state index is 6.24. The summed E-state index contributed by atoms with van der Waals surface area (Å²) in [4.78, 5) is 5.30. The molecular formula is C14H17ClN2OS. The van der Waals surface area contributed by atoms with Crippen LogP contribution >= 0.6 is 22.9 Å². The zero-order valence-corrected chi connectivity index (χ0v) is 12.8. The van der Waals surface area contributed by atoms with Gasteiger partial charge in [-0.1, -0.05) is 17.7 Å². The zero-order valence-electron chi connectivity index (χ0n) is 11.2. The fourth-order valence-electron chi connectivity index (χ4n) is 1.69. The molecule has 0 fully saturated rings. The van der Waals surface area contributed by atoms with E-state index < -0.39 is 0 Å². The Morgan fingerprint density at radius 1 is 1.47 bits per heavy atom. The van der Waals surface area contributed by atoms with E-state index in [2.05, 4.69) is 17.2 Å². The summed E-state index contributed by atoms with van der Waals surface area (Å²) in [5, 5.41) is 4.87. The van der Waals surface area contributed by atoms with Gasteiger partial charge in [0, 0.05) is 12.2 Å². The van der Waals surface area contributed by atoms with E-state index in [1.165, 1.54) is 0 Å². The third kappa shape index (κ3) is 3.69. The molecule has 1 N–H and O–H groups in total. The number of hydrogen-bond donors (Lipinski definition) is 1. The third-order valence-electron chi connectivity index (χ3n) is 2.93. The van der Waals surface area contributed by atoms with E-state index in [0.717, 1.165) is 15.4 Å². The largest absolute Gasteiger partial charge is 0.486 e. The van der Waals surface area contributed by atoms with Crippen LogP contribution in [0.2, 0.25) is 5.02 Å². The molecule has 0 spiro atoms. The van der Waals surface area contributed by atoms with E-state index in [1.807, 2.05) is 38.4 Å². The second-order valence-electron chi connectivity index (χ2n) is 4.33. The Morgan fingerprint density at radius 2 is 2.26 bits per heavy atom. The molecule has 5 heteroatoms. The molecule has 0 aliphatic carbocycles. The standard InChI is InChI=1S/C14H17ClN2OS/c1-9(16-3)11-4-5-14(13(15)6-11)18-8-12-7-17-10(2)19-12/h4-7,9,16H,8H2,1-3H3. The first-order valence-electron chi connectivity index (χ1n) is 6.11. The van der Waals surface area contributed by atoms with Crippen molar-refractivity contribution in [2.45, 2.75) is 26.5 Å². The van der Waals surface area contributed by atoms with E-state index in [1.54, 1.807) is 11.3 Å². The highest BCUT2D eigenvalue weighted by atomic mass is 35.5. The number of hydrogen-bond acceptors (Lipinski definition) is 4. The average molecular weight is 297 g/mol. The molecule has 1 atom stereocenters. The first-order chi connectivity index (χ1) is 9.10. The molecular weight excluding hydrogens is 280 g/mol. The third-order valence-corrected chi connectivity index (χ3v) is 4.11. The van der Waals surface area contributed by atoms with Crippen molar-refractivity contribution in [3.05, 3.63) is 44.9 Å². The molecule has 0 saturated heterocycles. The molecule has 2 rings (SSSR count). The maximum absolute atomic E-state index is 6.24. The number of benzene rings is 1. The van der Waals surface area contributed by atoms with Crippen LogP contribution in [0, 0.1) is 6.92 Å². The number of aromatic nitrogens is 1. The molecule has 0 aliphatic rings. The zero-order chi connectivity index (χ0) is 13.8. The molecule has 102 valence electrons. The lowest BCUT2D eigenvalue weighted by molar-refractivity contribution is 0.309. The quantitative estimate of drug-likeness (QED) is 0.907. The summed E-state index contributed by atoms with van der Waals surface area (Å²) in [6.45, 7) is 4.58. The van der Waals surface area contributed by atoms with Crippen LogP contribution in [0.15, 0.2) is 24.4 Å². The van der Waals surface area contributed by atoms with Crippen molar-refractivity contribution in [3.8, 4) is 5.75 Å². The van der Waals surface area contributed by atoms with Gasteiger partial charge >= 0.3 is 0 Å². The van der Waals surface area contributed by atoms with Crippen LogP contribution < -0.4 is 10.1 Å². The second kappa shape index (κ2) is 6.37. The molecule has 0 aliphatic heterocycles. The van der Waals surface area contributed by atoms with Gasteiger partial charge in [-0.3, -0.25) is 0 Å². The molecule has 0 saturated carbocycles. The summed E-state index contributed by atoms with van der Waals surface area (Å²) < 4.78 is 5.72. The fraction of sp³-hybridized carbons (Fsp3) is 0.357. The van der Waals surface area contributed by atoms with Crippen LogP contribution in [0.1, 0.15) is 28.4 Å². The van der Waals surface area contributed by atoms with E-state index in [0.29, 0.717) is 17.4 Å². The molecule has 2 aromatic rings. The van der Waals surface area contributed by atoms with Gasteiger partial charge in [-0.15, -0.1) is 11.3 Å². The Hall–Kier alpha value is -1.10. The van der Waals surface area contributed by atoms with Crippen LogP contribution in [0.4, 0.5) is 0 Å². The summed E-state index contributed by atoms with van der Waals surface area (Å²) in [6.07, 6.45) is 1.84. The number of aryl methyl sites for hydroxylation is 1. The van der Waals surface area contributed by atoms with Crippen LogP contribution in [0.25, 0.3) is 0 Å². The van der Waals surface area contributed by atoms with Gasteiger partial charge < -0.3 is 10.1 Å². The van der Waals surface area contributed by atoms with Crippen molar-refractivity contribution < 1.29 is 4.74 Å². The predicted molar refractivity (Wildman–Crippen MR) is 80.1 cm³/mol. The van der Waals surface area contributed by atoms with Gasteiger partial charge in [-0.05, 0) is 38.6 Å². The van der Waals surface area contributed by atoms with Crippen LogP contribution in [-0.2, 0) is 6.61 Å². The lowest BCUT2D eigenvalue weighted by Crippen LogP contribution is -2.12. The summed E-state index contributed by atoms with van der Waals surface area (Å²) in [5.74, 6) is 0.708. The molecule has 19 heavy (non-hydrogen) atoms. The highest BCUT2D eigenvalue weighted by Gasteiger charge is 2.08. The van der Waals surface area contributed by atoms with Crippen molar-refractivity contribution in [2.24, 2.45) is 0 Å². The number of ether oxygens (including phenoxy) is 1. The highest BCUT2D eigenvalue weighted by Crippen LogP contribution is 2.28. The van der Waals surface area contributed by atoms with Crippen LogP contribution in [0.3, 0.4) is 0 Å². The minimum Gasteiger partial charge on any atom is -0.486 e. The van der Waals surface area contributed by atoms with E-state index in [9.17, 15) is 0 Å². The molecule has 1 aromatic carbocycles. The van der Waals surface area contributed by atoms with Crippen LogP contribution in [0.5, 0.6) is 5.75 Å². The lowest BCUT2D eigenvalue weighted by atomic mass is 10.1. The monoisotopic (exact) mass is 296 g/mol. The summed E-state index contributed by atoms with van der Waals surface area (Å²) in [7, 11) is 1.93. The fourth-order valence-corrected chi connectivity index (χ4v) is 2.64. The molecule has 1 aromatic heterocycles. The Bertz CT molecular complexity index is 556. The normalized spacial score (nSPS) is 12.4. The van der Waals surface area contributed by atoms with Gasteiger partial charge in [0.25, 0.3) is 0 Å². The maximum Gasteiger partial charge on any atom is 0.138 e. The molecule has 3 nitrogen and oxygen atoms in total. The SMILES string of the molecule is CNC(C)c1ccc(OCc2cnc(C)s2)c(Cl)c1. The Kier molecular flexibility index (Phi) is 4.80. The van der Waals surface area contributed by atoms with Gasteiger partial charge in [0.05, 0.1) is 14.9 Å². The number of rotatable bonds is 5. The van der Waals surface area contributed by atoms with Crippen molar-refractivity contribution in [1.29, 1.82) is 0 Å². The number of halogens is 1. The van der Waals surface area contributed by atoms with Crippen molar-refractivity contribution in [1.82, 2.24) is 10.3 Å². The van der Waals surface area contributed by atoms with E-state index in [-0.39, 0.29) is 6.04 Å². The molecule has 0 amide bonds. The van der Waals surface area contributed by atoms with Gasteiger partial charge in [-0.2, -0.15) is 0 Å². The predicted octanol–water partition coefficient (Wildman–Crippen LogP) is 3.96. The minimum absolute atomic E-state index is 0.274. The van der Waals surface area contributed by atoms with Crippen molar-refractivity contribution in [3.63, 3.8) is 0 Å². The highest BCUT2D eigenvalue weighted by molar-refractivity contribution is 7.11. The van der Waals surface area contributed by atoms with Gasteiger partial charge in [0.15, 0.2) is 0 Å². The summed E-state index contributed by atoms with van der Waals surface area (Å²) >= 11 is 7.87. The van der Waals surface area contributed by atoms with Crippen LogP contribution in [-0.4, -0.2) is 12.0 Å².